The molecule has 6 nitrogen and oxygen atoms in total. The molecule has 3 N–H and O–H groups in total. The fourth-order valence-electron chi connectivity index (χ4n) is 1.87. The number of carboxylic acids is 1. The van der Waals surface area contributed by atoms with Gasteiger partial charge in [-0.25, -0.2) is 9.18 Å². The summed E-state index contributed by atoms with van der Waals surface area (Å²) in [6.45, 7) is 0. The number of aromatic nitrogens is 1. The molecule has 21 heavy (non-hydrogen) atoms. The van der Waals surface area contributed by atoms with Crippen molar-refractivity contribution < 1.29 is 23.4 Å². The highest BCUT2D eigenvalue weighted by atomic mass is 19.1. The number of carbonyl (C=O) groups is 1. The van der Waals surface area contributed by atoms with Crippen molar-refractivity contribution in [2.75, 3.05) is 5.73 Å². The second-order valence-corrected chi connectivity index (χ2v) is 4.23. The molecule has 1 aromatic carbocycles. The lowest BCUT2D eigenvalue weighted by Gasteiger charge is -2.06. The van der Waals surface area contributed by atoms with Gasteiger partial charge in [0.2, 0.25) is 0 Å². The quantitative estimate of drug-likeness (QED) is 0.719. The van der Waals surface area contributed by atoms with Crippen LogP contribution >= 0.6 is 0 Å². The Hall–Kier alpha value is -3.09. The van der Waals surface area contributed by atoms with Gasteiger partial charge in [0.05, 0.1) is 5.39 Å². The van der Waals surface area contributed by atoms with Gasteiger partial charge in [-0.1, -0.05) is 0 Å². The summed E-state index contributed by atoms with van der Waals surface area (Å²) in [4.78, 5) is 15.1. The molecule has 3 aromatic rings. The molecule has 0 aliphatic heterocycles. The van der Waals surface area contributed by atoms with Crippen molar-refractivity contribution in [1.82, 2.24) is 4.98 Å². The van der Waals surface area contributed by atoms with E-state index in [9.17, 15) is 9.18 Å². The molecule has 0 radical (unpaired) electrons. The molecule has 0 unspecified atom stereocenters. The van der Waals surface area contributed by atoms with Gasteiger partial charge in [0, 0.05) is 24.1 Å². The Morgan fingerprint density at radius 3 is 2.90 bits per heavy atom. The van der Waals surface area contributed by atoms with Crippen LogP contribution in [-0.4, -0.2) is 16.1 Å². The number of hydrogen-bond acceptors (Lipinski definition) is 5. The monoisotopic (exact) mass is 288 g/mol. The molecule has 2 heterocycles. The summed E-state index contributed by atoms with van der Waals surface area (Å²) in [5, 5.41) is 9.49. The Bertz CT molecular complexity index is 844. The average molecular weight is 288 g/mol. The Balaban J connectivity index is 2.14. The number of ether oxygens (including phenoxy) is 1. The molecule has 7 heteroatoms. The average Bonchev–Trinajstić information content (AvgIpc) is 2.81. The van der Waals surface area contributed by atoms with Crippen molar-refractivity contribution >= 4 is 22.6 Å². The summed E-state index contributed by atoms with van der Waals surface area (Å²) in [6.07, 6.45) is 2.83. The van der Waals surface area contributed by atoms with Crippen LogP contribution in [0.2, 0.25) is 0 Å². The van der Waals surface area contributed by atoms with Gasteiger partial charge >= 0.3 is 5.97 Å². The van der Waals surface area contributed by atoms with E-state index >= 15 is 0 Å². The van der Waals surface area contributed by atoms with Crippen LogP contribution in [0.5, 0.6) is 11.5 Å². The van der Waals surface area contributed by atoms with Crippen LogP contribution < -0.4 is 10.5 Å². The molecule has 0 aliphatic rings. The van der Waals surface area contributed by atoms with E-state index in [4.69, 9.17) is 20.0 Å². The zero-order chi connectivity index (χ0) is 15.0. The number of aromatic carboxylic acids is 1. The largest absolute Gasteiger partial charge is 0.475 e. The molecule has 0 spiro atoms. The molecular formula is C14H9FN2O4. The van der Waals surface area contributed by atoms with Gasteiger partial charge in [0.1, 0.15) is 5.58 Å². The minimum Gasteiger partial charge on any atom is -0.475 e. The predicted octanol–water partition coefficient (Wildman–Crippen LogP) is 3.04. The molecule has 0 bridgehead atoms. The van der Waals surface area contributed by atoms with E-state index in [1.54, 1.807) is 0 Å². The molecule has 0 saturated heterocycles. The topological polar surface area (TPSA) is 98.6 Å². The van der Waals surface area contributed by atoms with Crippen molar-refractivity contribution in [1.29, 1.82) is 0 Å². The SMILES string of the molecule is Nc1ccc(Oc2c(C(=O)O)oc3ccncc23)c(F)c1. The fraction of sp³-hybridized carbons (Fsp3) is 0. The number of fused-ring (bicyclic) bond motifs is 1. The molecule has 0 fully saturated rings. The molecular weight excluding hydrogens is 279 g/mol. The number of benzene rings is 1. The van der Waals surface area contributed by atoms with E-state index in [-0.39, 0.29) is 22.8 Å². The fourth-order valence-corrected chi connectivity index (χ4v) is 1.87. The highest BCUT2D eigenvalue weighted by molar-refractivity contribution is 5.97. The normalized spacial score (nSPS) is 10.7. The first kappa shape index (κ1) is 12.9. The zero-order valence-corrected chi connectivity index (χ0v) is 10.5. The first-order valence-electron chi connectivity index (χ1n) is 5.89. The maximum atomic E-state index is 13.8. The maximum Gasteiger partial charge on any atom is 0.375 e. The van der Waals surface area contributed by atoms with Gasteiger partial charge < -0.3 is 20.0 Å². The van der Waals surface area contributed by atoms with Crippen LogP contribution in [-0.2, 0) is 0 Å². The summed E-state index contributed by atoms with van der Waals surface area (Å²) < 4.78 is 24.3. The third-order valence-electron chi connectivity index (χ3n) is 2.81. The highest BCUT2D eigenvalue weighted by Gasteiger charge is 2.23. The summed E-state index contributed by atoms with van der Waals surface area (Å²) in [5.74, 6) is -2.71. The van der Waals surface area contributed by atoms with Crippen molar-refractivity contribution in [3.63, 3.8) is 0 Å². The highest BCUT2D eigenvalue weighted by Crippen LogP contribution is 2.36. The molecule has 3 rings (SSSR count). The van der Waals surface area contributed by atoms with Crippen molar-refractivity contribution in [3.8, 4) is 11.5 Å². The number of nitrogens with two attached hydrogens (primary N) is 1. The number of carboxylic acid groups (broad SMARTS) is 1. The third kappa shape index (κ3) is 2.25. The minimum atomic E-state index is -1.32. The second-order valence-electron chi connectivity index (χ2n) is 4.23. The predicted molar refractivity (Wildman–Crippen MR) is 71.9 cm³/mol. The van der Waals surface area contributed by atoms with Crippen molar-refractivity contribution in [2.24, 2.45) is 0 Å². The summed E-state index contributed by atoms with van der Waals surface area (Å²) in [6, 6.07) is 5.33. The van der Waals surface area contributed by atoms with Crippen molar-refractivity contribution in [3.05, 3.63) is 48.2 Å². The van der Waals surface area contributed by atoms with Gasteiger partial charge in [0.25, 0.3) is 5.76 Å². The number of nitrogens with zero attached hydrogens (tertiary/aromatic N) is 1. The molecule has 0 amide bonds. The summed E-state index contributed by atoms with van der Waals surface area (Å²) in [7, 11) is 0. The van der Waals surface area contributed by atoms with E-state index in [2.05, 4.69) is 4.98 Å². The number of hydrogen-bond donors (Lipinski definition) is 2. The number of halogens is 1. The third-order valence-corrected chi connectivity index (χ3v) is 2.81. The van der Waals surface area contributed by atoms with Crippen LogP contribution in [0.1, 0.15) is 10.6 Å². The van der Waals surface area contributed by atoms with E-state index < -0.39 is 17.5 Å². The lowest BCUT2D eigenvalue weighted by Crippen LogP contribution is -1.98. The maximum absolute atomic E-state index is 13.8. The van der Waals surface area contributed by atoms with Gasteiger partial charge in [-0.3, -0.25) is 4.98 Å². The minimum absolute atomic E-state index is 0.103. The Morgan fingerprint density at radius 2 is 2.19 bits per heavy atom. The first-order chi connectivity index (χ1) is 10.1. The van der Waals surface area contributed by atoms with E-state index in [1.165, 1.54) is 30.6 Å². The molecule has 0 aliphatic carbocycles. The molecule has 0 saturated carbocycles. The Kier molecular flexibility index (Phi) is 2.94. The zero-order valence-electron chi connectivity index (χ0n) is 10.5. The van der Waals surface area contributed by atoms with Gasteiger partial charge in [0.15, 0.2) is 17.3 Å². The van der Waals surface area contributed by atoms with Crippen LogP contribution in [0.3, 0.4) is 0 Å². The smallest absolute Gasteiger partial charge is 0.375 e. The van der Waals surface area contributed by atoms with Gasteiger partial charge in [-0.15, -0.1) is 0 Å². The molecule has 0 atom stereocenters. The summed E-state index contributed by atoms with van der Waals surface area (Å²) >= 11 is 0. The number of rotatable bonds is 3. The number of furan rings is 1. The summed E-state index contributed by atoms with van der Waals surface area (Å²) in [5.41, 5.74) is 5.97. The molecule has 106 valence electrons. The molecule has 2 aromatic heterocycles. The van der Waals surface area contributed by atoms with Gasteiger partial charge in [-0.05, 0) is 18.2 Å². The van der Waals surface area contributed by atoms with E-state index in [0.29, 0.717) is 5.39 Å². The lowest BCUT2D eigenvalue weighted by atomic mass is 10.2. The lowest BCUT2D eigenvalue weighted by molar-refractivity contribution is 0.0661. The number of anilines is 1. The van der Waals surface area contributed by atoms with E-state index in [1.807, 2.05) is 0 Å². The Morgan fingerprint density at radius 1 is 1.38 bits per heavy atom. The Labute approximate surface area is 117 Å². The number of nitrogen functional groups attached to an aromatic ring is 1. The first-order valence-corrected chi connectivity index (χ1v) is 5.89. The second kappa shape index (κ2) is 4.78. The van der Waals surface area contributed by atoms with Crippen LogP contribution in [0.4, 0.5) is 10.1 Å². The van der Waals surface area contributed by atoms with Crippen LogP contribution in [0.15, 0.2) is 41.1 Å². The van der Waals surface area contributed by atoms with Crippen LogP contribution in [0.25, 0.3) is 11.0 Å². The van der Waals surface area contributed by atoms with Crippen LogP contribution in [0, 0.1) is 5.82 Å². The standard InChI is InChI=1S/C14H9FN2O4/c15-9-5-7(16)1-2-11(9)21-12-8-6-17-4-3-10(8)20-13(12)14(18)19/h1-6H,16H2,(H,18,19). The van der Waals surface area contributed by atoms with Crippen molar-refractivity contribution in [2.45, 2.75) is 0 Å². The number of pyridine rings is 1. The van der Waals surface area contributed by atoms with Gasteiger partial charge in [-0.2, -0.15) is 0 Å². The van der Waals surface area contributed by atoms with E-state index in [0.717, 1.165) is 6.07 Å².